The maximum absolute atomic E-state index is 12.0. The first kappa shape index (κ1) is 14.4. The number of benzene rings is 1. The van der Waals surface area contributed by atoms with Gasteiger partial charge in [0, 0.05) is 28.8 Å². The fraction of sp³-hybridized carbons (Fsp3) is 0.375. The highest BCUT2D eigenvalue weighted by Gasteiger charge is 2.18. The summed E-state index contributed by atoms with van der Waals surface area (Å²) in [5.74, 6) is -0.426. The molecule has 0 spiro atoms. The van der Waals surface area contributed by atoms with Crippen LogP contribution < -0.4 is 10.6 Å². The van der Waals surface area contributed by atoms with E-state index in [1.54, 1.807) is 18.3 Å². The van der Waals surface area contributed by atoms with Gasteiger partial charge in [-0.05, 0) is 31.0 Å². The van der Waals surface area contributed by atoms with Gasteiger partial charge < -0.3 is 20.4 Å². The monoisotopic (exact) mass is 301 g/mol. The van der Waals surface area contributed by atoms with Crippen molar-refractivity contribution in [2.75, 3.05) is 12.4 Å². The molecule has 0 saturated heterocycles. The van der Waals surface area contributed by atoms with Gasteiger partial charge in [-0.15, -0.1) is 0 Å². The second-order valence-corrected chi connectivity index (χ2v) is 5.53. The van der Waals surface area contributed by atoms with Gasteiger partial charge in [-0.2, -0.15) is 0 Å². The van der Waals surface area contributed by atoms with Crippen LogP contribution in [0.2, 0.25) is 0 Å². The molecule has 6 heteroatoms. The fourth-order valence-corrected chi connectivity index (χ4v) is 2.94. The molecule has 3 N–H and O–H groups in total. The van der Waals surface area contributed by atoms with Crippen molar-refractivity contribution in [2.24, 2.45) is 0 Å². The van der Waals surface area contributed by atoms with Crippen LogP contribution in [0.1, 0.15) is 36.0 Å². The summed E-state index contributed by atoms with van der Waals surface area (Å²) in [6, 6.07) is 5.25. The largest absolute Gasteiger partial charge is 0.465 e. The molecule has 1 aromatic carbocycles. The van der Waals surface area contributed by atoms with Crippen molar-refractivity contribution in [3.05, 3.63) is 30.0 Å². The highest BCUT2D eigenvalue weighted by molar-refractivity contribution is 6.06. The first-order chi connectivity index (χ1) is 10.7. The summed E-state index contributed by atoms with van der Waals surface area (Å²) in [5, 5.41) is 6.52. The van der Waals surface area contributed by atoms with E-state index in [-0.39, 0.29) is 12.1 Å². The fourth-order valence-electron chi connectivity index (χ4n) is 2.94. The minimum absolute atomic E-state index is 0.242. The number of carbonyl (C=O) groups is 2. The molecule has 3 rings (SSSR count). The molecule has 1 aliphatic rings. The molecule has 2 amide bonds. The number of rotatable bonds is 3. The highest BCUT2D eigenvalue weighted by atomic mass is 16.5. The summed E-state index contributed by atoms with van der Waals surface area (Å²) in [5.41, 5.74) is 1.77. The van der Waals surface area contributed by atoms with Crippen LogP contribution in [0.5, 0.6) is 0 Å². The summed E-state index contributed by atoms with van der Waals surface area (Å²) in [7, 11) is 1.34. The van der Waals surface area contributed by atoms with Crippen LogP contribution in [-0.4, -0.2) is 30.1 Å². The second kappa shape index (κ2) is 6.09. The number of carbonyl (C=O) groups excluding carboxylic acids is 2. The van der Waals surface area contributed by atoms with Crippen LogP contribution >= 0.6 is 0 Å². The van der Waals surface area contributed by atoms with Gasteiger partial charge in [0.05, 0.1) is 12.7 Å². The van der Waals surface area contributed by atoms with Crippen molar-refractivity contribution in [3.8, 4) is 0 Å². The molecular weight excluding hydrogens is 282 g/mol. The number of hydrogen-bond donors (Lipinski definition) is 3. The van der Waals surface area contributed by atoms with Crippen molar-refractivity contribution in [3.63, 3.8) is 0 Å². The number of nitrogens with one attached hydrogen (secondary N) is 3. The summed E-state index contributed by atoms with van der Waals surface area (Å²) in [4.78, 5) is 27.0. The lowest BCUT2D eigenvalue weighted by molar-refractivity contribution is 0.0603. The topological polar surface area (TPSA) is 83.2 Å². The zero-order valence-electron chi connectivity index (χ0n) is 12.4. The molecular formula is C16H19N3O3. The van der Waals surface area contributed by atoms with E-state index in [0.717, 1.165) is 36.6 Å². The molecule has 0 radical (unpaired) electrons. The zero-order chi connectivity index (χ0) is 15.5. The first-order valence-corrected chi connectivity index (χ1v) is 7.44. The van der Waals surface area contributed by atoms with Crippen molar-refractivity contribution in [1.29, 1.82) is 0 Å². The molecule has 116 valence electrons. The standard InChI is InChI=1S/C16H19N3O3/c1-22-15(20)13-8-11(9-14-12(13)6-7-17-14)19-16(21)18-10-4-2-3-5-10/h6-10,17H,2-5H2,1H3,(H2,18,19,21). The number of anilines is 1. The van der Waals surface area contributed by atoms with Gasteiger partial charge in [-0.25, -0.2) is 9.59 Å². The second-order valence-electron chi connectivity index (χ2n) is 5.53. The minimum Gasteiger partial charge on any atom is -0.465 e. The molecule has 1 aromatic heterocycles. The number of amides is 2. The first-order valence-electron chi connectivity index (χ1n) is 7.44. The van der Waals surface area contributed by atoms with E-state index in [9.17, 15) is 9.59 Å². The van der Waals surface area contributed by atoms with Crippen LogP contribution in [0.15, 0.2) is 24.4 Å². The number of ether oxygens (including phenoxy) is 1. The molecule has 0 aliphatic heterocycles. The van der Waals surface area contributed by atoms with Crippen LogP contribution in [0.3, 0.4) is 0 Å². The Balaban J connectivity index is 1.80. The Bertz CT molecular complexity index is 702. The maximum Gasteiger partial charge on any atom is 0.338 e. The van der Waals surface area contributed by atoms with E-state index in [4.69, 9.17) is 4.74 Å². The maximum atomic E-state index is 12.0. The Morgan fingerprint density at radius 3 is 2.77 bits per heavy atom. The van der Waals surface area contributed by atoms with E-state index in [1.165, 1.54) is 7.11 Å². The molecule has 0 atom stereocenters. The number of H-pyrrole nitrogens is 1. The van der Waals surface area contributed by atoms with Crippen LogP contribution in [0, 0.1) is 0 Å². The lowest BCUT2D eigenvalue weighted by Gasteiger charge is -2.13. The Morgan fingerprint density at radius 2 is 2.05 bits per heavy atom. The van der Waals surface area contributed by atoms with E-state index >= 15 is 0 Å². The van der Waals surface area contributed by atoms with E-state index in [1.807, 2.05) is 6.07 Å². The van der Waals surface area contributed by atoms with Gasteiger partial charge in [0.2, 0.25) is 0 Å². The molecule has 1 heterocycles. The zero-order valence-corrected chi connectivity index (χ0v) is 12.4. The van der Waals surface area contributed by atoms with Gasteiger partial charge in [-0.1, -0.05) is 12.8 Å². The van der Waals surface area contributed by atoms with Crippen LogP contribution in [0.4, 0.5) is 10.5 Å². The summed E-state index contributed by atoms with van der Waals surface area (Å²) >= 11 is 0. The Labute approximate surface area is 128 Å². The average molecular weight is 301 g/mol. The molecule has 1 aliphatic carbocycles. The third-order valence-corrected chi connectivity index (χ3v) is 4.02. The summed E-state index contributed by atoms with van der Waals surface area (Å²) in [6.45, 7) is 0. The molecule has 2 aromatic rings. The Kier molecular flexibility index (Phi) is 4.00. The van der Waals surface area contributed by atoms with Gasteiger partial charge >= 0.3 is 12.0 Å². The van der Waals surface area contributed by atoms with E-state index < -0.39 is 5.97 Å². The van der Waals surface area contributed by atoms with E-state index in [0.29, 0.717) is 11.3 Å². The number of methoxy groups -OCH3 is 1. The molecule has 1 saturated carbocycles. The third kappa shape index (κ3) is 2.90. The minimum atomic E-state index is -0.426. The predicted octanol–water partition coefficient (Wildman–Crippen LogP) is 3.02. The normalized spacial score (nSPS) is 15.0. The number of hydrogen-bond acceptors (Lipinski definition) is 3. The number of fused-ring (bicyclic) bond motifs is 1. The summed E-state index contributed by atoms with van der Waals surface area (Å²) in [6.07, 6.45) is 6.12. The number of aromatic nitrogens is 1. The van der Waals surface area contributed by atoms with Gasteiger partial charge in [0.1, 0.15) is 0 Å². The molecule has 22 heavy (non-hydrogen) atoms. The summed E-state index contributed by atoms with van der Waals surface area (Å²) < 4.78 is 4.80. The van der Waals surface area contributed by atoms with Crippen LogP contribution in [0.25, 0.3) is 10.9 Å². The number of urea groups is 1. The van der Waals surface area contributed by atoms with Crippen molar-refractivity contribution >= 4 is 28.6 Å². The molecule has 0 unspecified atom stereocenters. The van der Waals surface area contributed by atoms with Crippen molar-refractivity contribution < 1.29 is 14.3 Å². The van der Waals surface area contributed by atoms with E-state index in [2.05, 4.69) is 15.6 Å². The molecule has 6 nitrogen and oxygen atoms in total. The van der Waals surface area contributed by atoms with Crippen LogP contribution in [-0.2, 0) is 4.74 Å². The predicted molar refractivity (Wildman–Crippen MR) is 84.0 cm³/mol. The van der Waals surface area contributed by atoms with Crippen molar-refractivity contribution in [1.82, 2.24) is 10.3 Å². The molecule has 0 bridgehead atoms. The lowest BCUT2D eigenvalue weighted by atomic mass is 10.1. The Morgan fingerprint density at radius 1 is 1.27 bits per heavy atom. The third-order valence-electron chi connectivity index (χ3n) is 4.02. The van der Waals surface area contributed by atoms with Crippen molar-refractivity contribution in [2.45, 2.75) is 31.7 Å². The van der Waals surface area contributed by atoms with Gasteiger partial charge in [0.25, 0.3) is 0 Å². The lowest BCUT2D eigenvalue weighted by Crippen LogP contribution is -2.36. The smallest absolute Gasteiger partial charge is 0.338 e. The molecule has 1 fully saturated rings. The van der Waals surface area contributed by atoms with Gasteiger partial charge in [-0.3, -0.25) is 0 Å². The number of esters is 1. The number of aromatic amines is 1. The van der Waals surface area contributed by atoms with Gasteiger partial charge in [0.15, 0.2) is 0 Å². The average Bonchev–Trinajstić information content (AvgIpc) is 3.16. The SMILES string of the molecule is COC(=O)c1cc(NC(=O)NC2CCCC2)cc2[nH]ccc12. The Hall–Kier alpha value is -2.50. The quantitative estimate of drug-likeness (QED) is 0.762. The highest BCUT2D eigenvalue weighted by Crippen LogP contribution is 2.24.